The molecule has 0 aromatic heterocycles. The predicted molar refractivity (Wildman–Crippen MR) is 78.4 cm³/mol. The fourth-order valence-electron chi connectivity index (χ4n) is 2.65. The van der Waals surface area contributed by atoms with Crippen LogP contribution >= 0.6 is 0 Å². The molecule has 104 valence electrons. The van der Waals surface area contributed by atoms with E-state index in [2.05, 4.69) is 31.3 Å². The van der Waals surface area contributed by atoms with E-state index in [0.717, 1.165) is 44.5 Å². The van der Waals surface area contributed by atoms with Gasteiger partial charge in [0.25, 0.3) is 5.91 Å². The van der Waals surface area contributed by atoms with Gasteiger partial charge in [-0.3, -0.25) is 4.79 Å². The Morgan fingerprint density at radius 2 is 2.05 bits per heavy atom. The summed E-state index contributed by atoms with van der Waals surface area (Å²) in [5.74, 6) is 0.179. The van der Waals surface area contributed by atoms with Gasteiger partial charge >= 0.3 is 0 Å². The van der Waals surface area contributed by atoms with Crippen molar-refractivity contribution in [1.82, 2.24) is 10.2 Å². The molecule has 1 aliphatic heterocycles. The molecule has 1 heterocycles. The Labute approximate surface area is 116 Å². The van der Waals surface area contributed by atoms with E-state index in [9.17, 15) is 4.79 Å². The maximum Gasteiger partial charge on any atom is 0.254 e. The molecule has 1 amide bonds. The summed E-state index contributed by atoms with van der Waals surface area (Å²) in [6, 6.07) is 8.41. The number of rotatable bonds is 5. The molecular formula is C16H24N2O. The van der Waals surface area contributed by atoms with E-state index in [1.165, 1.54) is 5.56 Å². The molecule has 0 bridgehead atoms. The van der Waals surface area contributed by atoms with Crippen LogP contribution < -0.4 is 5.32 Å². The van der Waals surface area contributed by atoms with Crippen LogP contribution in [0.1, 0.15) is 42.6 Å². The normalized spacial score (nSPS) is 18.5. The second-order valence-corrected chi connectivity index (χ2v) is 5.20. The molecule has 1 unspecified atom stereocenters. The van der Waals surface area contributed by atoms with Crippen LogP contribution in [0.4, 0.5) is 0 Å². The van der Waals surface area contributed by atoms with Crippen LogP contribution in [0.2, 0.25) is 0 Å². The van der Waals surface area contributed by atoms with Crippen LogP contribution in [-0.2, 0) is 6.42 Å². The Morgan fingerprint density at radius 1 is 1.32 bits per heavy atom. The van der Waals surface area contributed by atoms with E-state index < -0.39 is 0 Å². The minimum absolute atomic E-state index is 0.179. The van der Waals surface area contributed by atoms with Gasteiger partial charge in [-0.2, -0.15) is 0 Å². The molecular weight excluding hydrogens is 236 g/mol. The van der Waals surface area contributed by atoms with Crippen molar-refractivity contribution in [2.75, 3.05) is 19.6 Å². The number of hydrogen-bond donors (Lipinski definition) is 1. The lowest BCUT2D eigenvalue weighted by Crippen LogP contribution is -2.42. The van der Waals surface area contributed by atoms with Crippen LogP contribution in [0.3, 0.4) is 0 Å². The Morgan fingerprint density at radius 3 is 2.58 bits per heavy atom. The van der Waals surface area contributed by atoms with Crippen LogP contribution in [0.15, 0.2) is 24.3 Å². The highest BCUT2D eigenvalue weighted by molar-refractivity contribution is 5.94. The fourth-order valence-corrected chi connectivity index (χ4v) is 2.65. The molecule has 3 heteroatoms. The first kappa shape index (κ1) is 14.1. The topological polar surface area (TPSA) is 32.3 Å². The number of aryl methyl sites for hydroxylation is 1. The number of nitrogens with zero attached hydrogens (tertiary/aromatic N) is 1. The van der Waals surface area contributed by atoms with E-state index in [4.69, 9.17) is 0 Å². The lowest BCUT2D eigenvalue weighted by Gasteiger charge is -2.28. The highest BCUT2D eigenvalue weighted by Gasteiger charge is 2.26. The van der Waals surface area contributed by atoms with Gasteiger partial charge in [-0.05, 0) is 43.5 Å². The minimum Gasteiger partial charge on any atom is -0.334 e. The number of carbonyl (C=O) groups is 1. The molecule has 1 saturated heterocycles. The SMILES string of the molecule is CCCN(C(=O)c1ccc(CC)cc1)C1CCNC1. The first-order valence-corrected chi connectivity index (χ1v) is 7.36. The summed E-state index contributed by atoms with van der Waals surface area (Å²) in [5.41, 5.74) is 2.10. The quantitative estimate of drug-likeness (QED) is 0.882. The zero-order valence-electron chi connectivity index (χ0n) is 12.0. The maximum atomic E-state index is 12.6. The summed E-state index contributed by atoms with van der Waals surface area (Å²) < 4.78 is 0. The molecule has 1 aliphatic rings. The molecule has 1 atom stereocenters. The Bertz CT molecular complexity index is 407. The van der Waals surface area contributed by atoms with E-state index >= 15 is 0 Å². The molecule has 1 aromatic carbocycles. The van der Waals surface area contributed by atoms with Crippen molar-refractivity contribution in [3.05, 3.63) is 35.4 Å². The van der Waals surface area contributed by atoms with Crippen molar-refractivity contribution in [3.8, 4) is 0 Å². The summed E-state index contributed by atoms with van der Waals surface area (Å²) in [6.45, 7) is 7.06. The maximum absolute atomic E-state index is 12.6. The molecule has 0 radical (unpaired) electrons. The first-order valence-electron chi connectivity index (χ1n) is 7.36. The van der Waals surface area contributed by atoms with E-state index in [1.807, 2.05) is 17.0 Å². The lowest BCUT2D eigenvalue weighted by molar-refractivity contribution is 0.0692. The number of benzene rings is 1. The second-order valence-electron chi connectivity index (χ2n) is 5.20. The van der Waals surface area contributed by atoms with Gasteiger partial charge in [-0.25, -0.2) is 0 Å². The molecule has 0 aliphatic carbocycles. The third-order valence-electron chi connectivity index (χ3n) is 3.81. The smallest absolute Gasteiger partial charge is 0.254 e. The zero-order chi connectivity index (χ0) is 13.7. The predicted octanol–water partition coefficient (Wildman–Crippen LogP) is 2.46. The monoisotopic (exact) mass is 260 g/mol. The third-order valence-corrected chi connectivity index (χ3v) is 3.81. The number of carbonyl (C=O) groups excluding carboxylic acids is 1. The van der Waals surface area contributed by atoms with Crippen molar-refractivity contribution >= 4 is 5.91 Å². The third kappa shape index (κ3) is 3.35. The average molecular weight is 260 g/mol. The molecule has 1 fully saturated rings. The van der Waals surface area contributed by atoms with Gasteiger partial charge in [0.15, 0.2) is 0 Å². The molecule has 3 nitrogen and oxygen atoms in total. The second kappa shape index (κ2) is 6.71. The van der Waals surface area contributed by atoms with Gasteiger partial charge in [-0.15, -0.1) is 0 Å². The Balaban J connectivity index is 2.12. The summed E-state index contributed by atoms with van der Waals surface area (Å²) >= 11 is 0. The first-order chi connectivity index (χ1) is 9.26. The molecule has 0 saturated carbocycles. The fraction of sp³-hybridized carbons (Fsp3) is 0.562. The van der Waals surface area contributed by atoms with Gasteiger partial charge in [0, 0.05) is 24.7 Å². The Hall–Kier alpha value is -1.35. The van der Waals surface area contributed by atoms with Crippen LogP contribution in [0, 0.1) is 0 Å². The van der Waals surface area contributed by atoms with E-state index in [0.29, 0.717) is 6.04 Å². The van der Waals surface area contributed by atoms with Gasteiger partial charge in [0.05, 0.1) is 0 Å². The van der Waals surface area contributed by atoms with Gasteiger partial charge < -0.3 is 10.2 Å². The summed E-state index contributed by atoms with van der Waals surface area (Å²) in [5, 5.41) is 3.34. The van der Waals surface area contributed by atoms with Crippen LogP contribution in [0.25, 0.3) is 0 Å². The van der Waals surface area contributed by atoms with Gasteiger partial charge in [0.1, 0.15) is 0 Å². The largest absolute Gasteiger partial charge is 0.334 e. The molecule has 19 heavy (non-hydrogen) atoms. The number of amides is 1. The van der Waals surface area contributed by atoms with Crippen molar-refractivity contribution < 1.29 is 4.79 Å². The highest BCUT2D eigenvalue weighted by atomic mass is 16.2. The number of nitrogens with one attached hydrogen (secondary N) is 1. The Kier molecular flexibility index (Phi) is 4.97. The van der Waals surface area contributed by atoms with Gasteiger partial charge in [-0.1, -0.05) is 26.0 Å². The van der Waals surface area contributed by atoms with E-state index in [1.54, 1.807) is 0 Å². The number of hydrogen-bond acceptors (Lipinski definition) is 2. The lowest BCUT2D eigenvalue weighted by atomic mass is 10.1. The standard InChI is InChI=1S/C16H24N2O/c1-3-11-18(15-9-10-17-12-15)16(19)14-7-5-13(4-2)6-8-14/h5-8,15,17H,3-4,9-12H2,1-2H3. The minimum atomic E-state index is 0.179. The van der Waals surface area contributed by atoms with Crippen molar-refractivity contribution in [3.63, 3.8) is 0 Å². The summed E-state index contributed by atoms with van der Waals surface area (Å²) in [7, 11) is 0. The van der Waals surface area contributed by atoms with E-state index in [-0.39, 0.29) is 5.91 Å². The van der Waals surface area contributed by atoms with Crippen LogP contribution in [-0.4, -0.2) is 36.5 Å². The molecule has 2 rings (SSSR count). The zero-order valence-corrected chi connectivity index (χ0v) is 12.0. The summed E-state index contributed by atoms with van der Waals surface area (Å²) in [4.78, 5) is 14.7. The van der Waals surface area contributed by atoms with Crippen molar-refractivity contribution in [1.29, 1.82) is 0 Å². The highest BCUT2D eigenvalue weighted by Crippen LogP contribution is 2.15. The van der Waals surface area contributed by atoms with Crippen molar-refractivity contribution in [2.45, 2.75) is 39.2 Å². The average Bonchev–Trinajstić information content (AvgIpc) is 2.98. The molecule has 1 N–H and O–H groups in total. The molecule has 0 spiro atoms. The molecule has 1 aromatic rings. The van der Waals surface area contributed by atoms with Gasteiger partial charge in [0.2, 0.25) is 0 Å². The van der Waals surface area contributed by atoms with Crippen molar-refractivity contribution in [2.24, 2.45) is 0 Å². The summed E-state index contributed by atoms with van der Waals surface area (Å²) in [6.07, 6.45) is 3.09. The van der Waals surface area contributed by atoms with Crippen LogP contribution in [0.5, 0.6) is 0 Å².